The molecule has 1 aromatic heterocycles. The second-order valence-corrected chi connectivity index (χ2v) is 5.73. The van der Waals surface area contributed by atoms with Gasteiger partial charge in [0.1, 0.15) is 6.54 Å². The summed E-state index contributed by atoms with van der Waals surface area (Å²) < 4.78 is 1.64. The molecule has 0 bridgehead atoms. The summed E-state index contributed by atoms with van der Waals surface area (Å²) in [6.45, 7) is -0.0703. The zero-order chi connectivity index (χ0) is 17.1. The minimum Gasteiger partial charge on any atom is -0.480 e. The summed E-state index contributed by atoms with van der Waals surface area (Å²) >= 11 is 0. The van der Waals surface area contributed by atoms with Crippen LogP contribution in [0.2, 0.25) is 0 Å². The molecule has 2 aromatic carbocycles. The smallest absolute Gasteiger partial charge is 0.323 e. The summed E-state index contributed by atoms with van der Waals surface area (Å²) in [5.74, 6) is -0.879. The zero-order valence-electron chi connectivity index (χ0n) is 13.3. The van der Waals surface area contributed by atoms with E-state index in [0.29, 0.717) is 6.42 Å². The number of rotatable bonds is 5. The van der Waals surface area contributed by atoms with Crippen molar-refractivity contribution in [2.75, 3.05) is 18.5 Å². The fourth-order valence-electron chi connectivity index (χ4n) is 2.73. The lowest BCUT2D eigenvalue weighted by Gasteiger charge is -2.16. The Bertz CT molecular complexity index is 884. The first kappa shape index (κ1) is 15.8. The maximum absolute atomic E-state index is 12.5. The van der Waals surface area contributed by atoms with Crippen molar-refractivity contribution in [1.29, 1.82) is 0 Å². The number of likely N-dealkylation sites (N-methyl/N-ethyl adjacent to an activating group) is 1. The predicted octanol–water partition coefficient (Wildman–Crippen LogP) is 3.05. The van der Waals surface area contributed by atoms with Gasteiger partial charge in [0.25, 0.3) is 0 Å². The van der Waals surface area contributed by atoms with Gasteiger partial charge in [-0.3, -0.25) is 14.2 Å². The summed E-state index contributed by atoms with van der Waals surface area (Å²) in [7, 11) is 1.73. The van der Waals surface area contributed by atoms with Gasteiger partial charge in [-0.2, -0.15) is 0 Å². The molecule has 1 N–H and O–H groups in total. The molecule has 0 spiro atoms. The van der Waals surface area contributed by atoms with E-state index < -0.39 is 5.97 Å². The minimum absolute atomic E-state index is 0.00263. The second-order valence-electron chi connectivity index (χ2n) is 5.73. The largest absolute Gasteiger partial charge is 0.480 e. The quantitative estimate of drug-likeness (QED) is 0.784. The molecule has 0 aliphatic rings. The maximum Gasteiger partial charge on any atom is 0.323 e. The fraction of sp³-hybridized carbons (Fsp3) is 0.158. The molecule has 0 fully saturated rings. The van der Waals surface area contributed by atoms with Crippen molar-refractivity contribution in [3.05, 3.63) is 66.4 Å². The van der Waals surface area contributed by atoms with Crippen molar-refractivity contribution >= 4 is 28.5 Å². The number of carboxylic acids is 1. The van der Waals surface area contributed by atoms with E-state index >= 15 is 0 Å². The summed E-state index contributed by atoms with van der Waals surface area (Å²) in [6.07, 6.45) is 2.10. The lowest BCUT2D eigenvalue weighted by atomic mass is 10.1. The van der Waals surface area contributed by atoms with E-state index in [0.717, 1.165) is 22.2 Å². The van der Waals surface area contributed by atoms with Gasteiger partial charge in [0.2, 0.25) is 5.91 Å². The first-order chi connectivity index (χ1) is 11.5. The predicted molar refractivity (Wildman–Crippen MR) is 93.6 cm³/mol. The molecule has 0 unspecified atom stereocenters. The molecule has 5 nitrogen and oxygen atoms in total. The van der Waals surface area contributed by atoms with Crippen LogP contribution in [0.4, 0.5) is 5.69 Å². The van der Waals surface area contributed by atoms with Gasteiger partial charge in [0, 0.05) is 24.3 Å². The highest BCUT2D eigenvalue weighted by Gasteiger charge is 2.12. The third-order valence-corrected chi connectivity index (χ3v) is 3.95. The first-order valence-corrected chi connectivity index (χ1v) is 7.66. The molecule has 122 valence electrons. The average Bonchev–Trinajstić information content (AvgIpc) is 2.98. The fourth-order valence-corrected chi connectivity index (χ4v) is 2.73. The highest BCUT2D eigenvalue weighted by Crippen LogP contribution is 2.23. The molecule has 1 heterocycles. The number of anilines is 1. The van der Waals surface area contributed by atoms with Gasteiger partial charge in [0.15, 0.2) is 0 Å². The van der Waals surface area contributed by atoms with E-state index in [-0.39, 0.29) is 12.5 Å². The third-order valence-electron chi connectivity index (χ3n) is 3.95. The maximum atomic E-state index is 12.5. The third kappa shape index (κ3) is 3.30. The molecule has 3 aromatic rings. The molecule has 0 radical (unpaired) electrons. The molecule has 0 saturated carbocycles. The van der Waals surface area contributed by atoms with Crippen LogP contribution in [0.25, 0.3) is 10.9 Å². The van der Waals surface area contributed by atoms with Crippen LogP contribution >= 0.6 is 0 Å². The molecular weight excluding hydrogens is 304 g/mol. The molecule has 0 amide bonds. The van der Waals surface area contributed by atoms with Crippen molar-refractivity contribution in [2.45, 2.75) is 6.42 Å². The number of fused-ring (bicyclic) bond motifs is 1. The molecule has 0 aliphatic heterocycles. The van der Waals surface area contributed by atoms with Crippen molar-refractivity contribution in [3.8, 4) is 0 Å². The topological polar surface area (TPSA) is 62.5 Å². The monoisotopic (exact) mass is 322 g/mol. The van der Waals surface area contributed by atoms with Crippen LogP contribution in [0.5, 0.6) is 0 Å². The summed E-state index contributed by atoms with van der Waals surface area (Å²) in [5.41, 5.74) is 2.60. The summed E-state index contributed by atoms with van der Waals surface area (Å²) in [5, 5.41) is 9.79. The Balaban J connectivity index is 1.85. The van der Waals surface area contributed by atoms with Crippen LogP contribution in [-0.4, -0.2) is 35.1 Å². The summed E-state index contributed by atoms with van der Waals surface area (Å²) in [6, 6.07) is 17.1. The van der Waals surface area contributed by atoms with Crippen molar-refractivity contribution < 1.29 is 14.7 Å². The van der Waals surface area contributed by atoms with Crippen LogP contribution in [0.15, 0.2) is 60.8 Å². The number of benzene rings is 2. The number of hydrogen-bond acceptors (Lipinski definition) is 3. The van der Waals surface area contributed by atoms with E-state index in [1.54, 1.807) is 22.7 Å². The lowest BCUT2D eigenvalue weighted by molar-refractivity contribution is -0.135. The number of hydrogen-bond donors (Lipinski definition) is 1. The highest BCUT2D eigenvalue weighted by atomic mass is 16.4. The van der Waals surface area contributed by atoms with Gasteiger partial charge < -0.3 is 10.0 Å². The number of aliphatic carboxylic acids is 1. The van der Waals surface area contributed by atoms with Crippen molar-refractivity contribution in [1.82, 2.24) is 4.57 Å². The normalized spacial score (nSPS) is 10.7. The van der Waals surface area contributed by atoms with E-state index in [2.05, 4.69) is 0 Å². The average molecular weight is 322 g/mol. The van der Waals surface area contributed by atoms with Crippen LogP contribution < -0.4 is 4.90 Å². The van der Waals surface area contributed by atoms with E-state index in [1.807, 2.05) is 54.6 Å². The Morgan fingerprint density at radius 2 is 1.83 bits per heavy atom. The standard InChI is InChI=1S/C19H18N2O3/c1-20(13-19(23)24)16-7-8-17-15(12-16)9-10-21(17)18(22)11-14-5-3-2-4-6-14/h2-10,12H,11,13H2,1H3,(H,23,24). The first-order valence-electron chi connectivity index (χ1n) is 7.66. The molecule has 24 heavy (non-hydrogen) atoms. The van der Waals surface area contributed by atoms with Gasteiger partial charge in [-0.1, -0.05) is 30.3 Å². The van der Waals surface area contributed by atoms with E-state index in [4.69, 9.17) is 5.11 Å². The Labute approximate surface area is 139 Å². The van der Waals surface area contributed by atoms with Crippen LogP contribution in [0.1, 0.15) is 10.4 Å². The van der Waals surface area contributed by atoms with E-state index in [1.165, 1.54) is 0 Å². The van der Waals surface area contributed by atoms with Crippen LogP contribution in [0.3, 0.4) is 0 Å². The van der Waals surface area contributed by atoms with Crippen molar-refractivity contribution in [2.24, 2.45) is 0 Å². The number of carboxylic acid groups (broad SMARTS) is 1. The summed E-state index contributed by atoms with van der Waals surface area (Å²) in [4.78, 5) is 25.0. The van der Waals surface area contributed by atoms with Gasteiger partial charge in [-0.25, -0.2) is 0 Å². The van der Waals surface area contributed by atoms with Gasteiger partial charge in [0.05, 0.1) is 11.9 Å². The van der Waals surface area contributed by atoms with Crippen LogP contribution in [0, 0.1) is 0 Å². The van der Waals surface area contributed by atoms with E-state index in [9.17, 15) is 9.59 Å². The minimum atomic E-state index is -0.881. The number of nitrogens with zero attached hydrogens (tertiary/aromatic N) is 2. The molecule has 0 atom stereocenters. The second kappa shape index (κ2) is 6.58. The lowest BCUT2D eigenvalue weighted by Crippen LogP contribution is -2.24. The number of carbonyl (C=O) groups is 2. The molecule has 5 heteroatoms. The number of carbonyl (C=O) groups excluding carboxylic acids is 1. The molecule has 0 saturated heterocycles. The molecule has 0 aliphatic carbocycles. The highest BCUT2D eigenvalue weighted by molar-refractivity contribution is 5.94. The number of aromatic nitrogens is 1. The van der Waals surface area contributed by atoms with Gasteiger partial charge in [-0.15, -0.1) is 0 Å². The Morgan fingerprint density at radius 1 is 1.08 bits per heavy atom. The van der Waals surface area contributed by atoms with Crippen molar-refractivity contribution in [3.63, 3.8) is 0 Å². The Kier molecular flexibility index (Phi) is 4.33. The zero-order valence-corrected chi connectivity index (χ0v) is 13.3. The Morgan fingerprint density at radius 3 is 2.54 bits per heavy atom. The molecule has 3 rings (SSSR count). The molecular formula is C19H18N2O3. The Hall–Kier alpha value is -3.08. The van der Waals surface area contributed by atoms with Gasteiger partial charge in [-0.05, 0) is 29.8 Å². The van der Waals surface area contributed by atoms with Gasteiger partial charge >= 0.3 is 5.97 Å². The van der Waals surface area contributed by atoms with Crippen LogP contribution in [-0.2, 0) is 11.2 Å². The SMILES string of the molecule is CN(CC(=O)O)c1ccc2c(ccn2C(=O)Cc2ccccc2)c1.